The van der Waals surface area contributed by atoms with E-state index in [1.807, 2.05) is 0 Å². The van der Waals surface area contributed by atoms with E-state index in [-0.39, 0.29) is 0 Å². The number of allylic oxidation sites excluding steroid dienone is 2. The number of halogens is 4. The maximum Gasteiger partial charge on any atom is 0.351 e. The smallest absolute Gasteiger partial charge is 0.351 e. The molecule has 0 saturated carbocycles. The summed E-state index contributed by atoms with van der Waals surface area (Å²) in [6.45, 7) is 1.15. The van der Waals surface area contributed by atoms with E-state index in [1.165, 1.54) is 0 Å². The van der Waals surface area contributed by atoms with Gasteiger partial charge in [-0.2, -0.15) is 0 Å². The molecule has 1 aromatic carbocycles. The SMILES string of the molecule is CC1(OC(=O)C(N=O)C(=O)Oc2cc(F)cc(F)c2)C=C(F)C=C(F)C1. The molecule has 0 amide bonds. The van der Waals surface area contributed by atoms with Crippen LogP contribution in [0.1, 0.15) is 13.3 Å². The minimum absolute atomic E-state index is 0.508. The van der Waals surface area contributed by atoms with Crippen LogP contribution >= 0.6 is 0 Å². The van der Waals surface area contributed by atoms with Gasteiger partial charge >= 0.3 is 11.9 Å². The van der Waals surface area contributed by atoms with Crippen molar-refractivity contribution in [3.63, 3.8) is 0 Å². The Balaban J connectivity index is 2.12. The Kier molecular flexibility index (Phi) is 5.53. The Morgan fingerprint density at radius 1 is 1.12 bits per heavy atom. The summed E-state index contributed by atoms with van der Waals surface area (Å²) < 4.78 is 62.1. The van der Waals surface area contributed by atoms with Crippen LogP contribution in [0.5, 0.6) is 5.75 Å². The highest BCUT2D eigenvalue weighted by molar-refractivity contribution is 6.00. The topological polar surface area (TPSA) is 82.0 Å². The van der Waals surface area contributed by atoms with Crippen LogP contribution in [-0.4, -0.2) is 23.6 Å². The van der Waals surface area contributed by atoms with Crippen molar-refractivity contribution in [2.24, 2.45) is 5.18 Å². The highest BCUT2D eigenvalue weighted by atomic mass is 19.1. The fraction of sp³-hybridized carbons (Fsp3) is 0.250. The molecule has 0 aromatic heterocycles. The van der Waals surface area contributed by atoms with Crippen LogP contribution in [0.15, 0.2) is 47.2 Å². The molecule has 138 valence electrons. The largest absolute Gasteiger partial charge is 0.452 e. The van der Waals surface area contributed by atoms with E-state index in [4.69, 9.17) is 4.74 Å². The molecule has 0 radical (unpaired) electrons. The molecule has 1 aliphatic carbocycles. The molecule has 1 aliphatic rings. The van der Waals surface area contributed by atoms with E-state index in [0.29, 0.717) is 24.3 Å². The van der Waals surface area contributed by atoms with E-state index in [2.05, 4.69) is 9.91 Å². The second-order valence-electron chi connectivity index (χ2n) is 5.57. The maximum atomic E-state index is 13.3. The number of ether oxygens (including phenoxy) is 2. The lowest BCUT2D eigenvalue weighted by Crippen LogP contribution is -2.40. The summed E-state index contributed by atoms with van der Waals surface area (Å²) in [4.78, 5) is 34.6. The van der Waals surface area contributed by atoms with Crippen LogP contribution in [0.4, 0.5) is 17.6 Å². The van der Waals surface area contributed by atoms with E-state index in [1.54, 1.807) is 0 Å². The number of benzene rings is 1. The second kappa shape index (κ2) is 7.46. The van der Waals surface area contributed by atoms with Crippen LogP contribution in [0.25, 0.3) is 0 Å². The summed E-state index contributed by atoms with van der Waals surface area (Å²) in [6.07, 6.45) is 0.836. The quantitative estimate of drug-likeness (QED) is 0.260. The molecule has 0 bridgehead atoms. The molecule has 10 heteroatoms. The monoisotopic (exact) mass is 373 g/mol. The molecule has 0 heterocycles. The molecule has 0 N–H and O–H groups in total. The number of hydrogen-bond acceptors (Lipinski definition) is 6. The number of carbonyl (C=O) groups is 2. The van der Waals surface area contributed by atoms with Gasteiger partial charge in [0.2, 0.25) is 0 Å². The van der Waals surface area contributed by atoms with Gasteiger partial charge in [0.1, 0.15) is 34.6 Å². The average molecular weight is 373 g/mol. The van der Waals surface area contributed by atoms with Gasteiger partial charge in [-0.05, 0) is 18.2 Å². The molecule has 0 aliphatic heterocycles. The Labute approximate surface area is 144 Å². The maximum absolute atomic E-state index is 13.3. The fourth-order valence-electron chi connectivity index (χ4n) is 2.21. The van der Waals surface area contributed by atoms with Crippen molar-refractivity contribution in [3.8, 4) is 5.75 Å². The van der Waals surface area contributed by atoms with E-state index < -0.39 is 59.0 Å². The van der Waals surface area contributed by atoms with E-state index in [0.717, 1.165) is 13.0 Å². The normalized spacial score (nSPS) is 20.5. The minimum Gasteiger partial charge on any atom is -0.452 e. The van der Waals surface area contributed by atoms with Gasteiger partial charge in [0.05, 0.1) is 0 Å². The molecule has 2 rings (SSSR count). The zero-order valence-corrected chi connectivity index (χ0v) is 13.2. The van der Waals surface area contributed by atoms with Crippen molar-refractivity contribution in [3.05, 3.63) is 58.5 Å². The molecular weight excluding hydrogens is 362 g/mol. The summed E-state index contributed by atoms with van der Waals surface area (Å²) in [5.41, 5.74) is -1.80. The highest BCUT2D eigenvalue weighted by Gasteiger charge is 2.39. The highest BCUT2D eigenvalue weighted by Crippen LogP contribution is 2.31. The number of nitrogens with zero attached hydrogens (tertiary/aromatic N) is 1. The molecule has 0 saturated heterocycles. The lowest BCUT2D eigenvalue weighted by atomic mass is 9.96. The molecule has 2 atom stereocenters. The first kappa shape index (κ1) is 19.3. The van der Waals surface area contributed by atoms with Gasteiger partial charge in [0.25, 0.3) is 6.04 Å². The standard InChI is InChI=1S/C16H11F4NO5/c1-16(6-10(19)3-11(20)7-16)26-15(23)13(21-24)14(22)25-12-4-8(17)2-9(18)5-12/h2-6,13H,7H2,1H3. The van der Waals surface area contributed by atoms with Gasteiger partial charge < -0.3 is 9.47 Å². The van der Waals surface area contributed by atoms with Crippen molar-refractivity contribution in [1.29, 1.82) is 0 Å². The summed E-state index contributed by atoms with van der Waals surface area (Å²) in [5.74, 6) is -7.80. The molecule has 6 nitrogen and oxygen atoms in total. The van der Waals surface area contributed by atoms with Gasteiger partial charge in [0.15, 0.2) is 0 Å². The first-order valence-corrected chi connectivity index (χ1v) is 7.09. The third-order valence-electron chi connectivity index (χ3n) is 3.20. The second-order valence-corrected chi connectivity index (χ2v) is 5.57. The molecule has 2 unspecified atom stereocenters. The Morgan fingerprint density at radius 3 is 2.27 bits per heavy atom. The number of nitroso groups, excluding NO2 is 1. The fourth-order valence-corrected chi connectivity index (χ4v) is 2.21. The third kappa shape index (κ3) is 4.74. The lowest BCUT2D eigenvalue weighted by molar-refractivity contribution is -0.160. The van der Waals surface area contributed by atoms with Crippen LogP contribution in [0.2, 0.25) is 0 Å². The van der Waals surface area contributed by atoms with Crippen molar-refractivity contribution >= 4 is 11.9 Å². The number of carbonyl (C=O) groups excluding carboxylic acids is 2. The number of esters is 2. The third-order valence-corrected chi connectivity index (χ3v) is 3.20. The minimum atomic E-state index is -2.36. The van der Waals surface area contributed by atoms with Crippen LogP contribution < -0.4 is 4.74 Å². The lowest BCUT2D eigenvalue weighted by Gasteiger charge is -2.28. The molecular formula is C16H11F4NO5. The van der Waals surface area contributed by atoms with Crippen molar-refractivity contribution in [2.75, 3.05) is 0 Å². The van der Waals surface area contributed by atoms with Gasteiger partial charge in [-0.3, -0.25) is 0 Å². The first-order valence-electron chi connectivity index (χ1n) is 7.09. The van der Waals surface area contributed by atoms with Gasteiger partial charge in [-0.15, -0.1) is 4.91 Å². The Bertz CT molecular complexity index is 803. The number of rotatable bonds is 5. The van der Waals surface area contributed by atoms with Crippen LogP contribution in [-0.2, 0) is 14.3 Å². The summed E-state index contributed by atoms with van der Waals surface area (Å²) in [5, 5.41) is 2.25. The van der Waals surface area contributed by atoms with Crippen molar-refractivity contribution < 1.29 is 36.6 Å². The zero-order chi connectivity index (χ0) is 19.5. The first-order chi connectivity index (χ1) is 12.1. The van der Waals surface area contributed by atoms with E-state index >= 15 is 0 Å². The molecule has 1 aromatic rings. The molecule has 0 spiro atoms. The van der Waals surface area contributed by atoms with Gasteiger partial charge in [-0.1, -0.05) is 0 Å². The zero-order valence-electron chi connectivity index (χ0n) is 13.2. The van der Waals surface area contributed by atoms with Crippen LogP contribution in [0, 0.1) is 16.5 Å². The van der Waals surface area contributed by atoms with Gasteiger partial charge in [-0.25, -0.2) is 27.2 Å². The molecule has 26 heavy (non-hydrogen) atoms. The summed E-state index contributed by atoms with van der Waals surface area (Å²) in [7, 11) is 0. The predicted molar refractivity (Wildman–Crippen MR) is 79.1 cm³/mol. The van der Waals surface area contributed by atoms with Crippen LogP contribution in [0.3, 0.4) is 0 Å². The van der Waals surface area contributed by atoms with Gasteiger partial charge in [0, 0.05) is 30.7 Å². The molecule has 0 fully saturated rings. The number of hydrogen-bond donors (Lipinski definition) is 0. The summed E-state index contributed by atoms with van der Waals surface area (Å²) in [6, 6.07) is -0.582. The van der Waals surface area contributed by atoms with E-state index in [9.17, 15) is 32.1 Å². The Morgan fingerprint density at radius 2 is 1.73 bits per heavy atom. The predicted octanol–water partition coefficient (Wildman–Crippen LogP) is 3.42. The van der Waals surface area contributed by atoms with Crippen molar-refractivity contribution in [1.82, 2.24) is 0 Å². The summed E-state index contributed by atoms with van der Waals surface area (Å²) >= 11 is 0. The Hall–Kier alpha value is -3.04. The van der Waals surface area contributed by atoms with Crippen molar-refractivity contribution in [2.45, 2.75) is 25.0 Å². The average Bonchev–Trinajstić information content (AvgIpc) is 2.44.